The highest BCUT2D eigenvalue weighted by molar-refractivity contribution is 5.82. The first-order valence-electron chi connectivity index (χ1n) is 7.43. The topological polar surface area (TPSA) is 55.6 Å². The Morgan fingerprint density at radius 2 is 2.23 bits per heavy atom. The van der Waals surface area contributed by atoms with Crippen molar-refractivity contribution in [2.24, 2.45) is 0 Å². The number of nitrogens with zero attached hydrogens (tertiary/aromatic N) is 4. The lowest BCUT2D eigenvalue weighted by Gasteiger charge is -2.23. The van der Waals surface area contributed by atoms with Gasteiger partial charge in [-0.15, -0.1) is 0 Å². The first-order valence-corrected chi connectivity index (χ1v) is 7.43. The number of hydrogen-bond donors (Lipinski definition) is 1. The zero-order chi connectivity index (χ0) is 14.9. The van der Waals surface area contributed by atoms with E-state index in [9.17, 15) is 4.39 Å². The monoisotopic (exact) mass is 297 g/mol. The number of aryl methyl sites for hydroxylation is 1. The van der Waals surface area contributed by atoms with Crippen LogP contribution in [0.25, 0.3) is 10.9 Å². The van der Waals surface area contributed by atoms with Crippen LogP contribution < -0.4 is 5.32 Å². The van der Waals surface area contributed by atoms with Crippen LogP contribution in [-0.2, 0) is 19.5 Å². The van der Waals surface area contributed by atoms with E-state index in [1.807, 2.05) is 4.68 Å². The fraction of sp³-hybridized carbons (Fsp3) is 0.312. The molecule has 1 aliphatic rings. The number of halogens is 1. The minimum absolute atomic E-state index is 0.225. The Labute approximate surface area is 127 Å². The molecule has 1 aromatic carbocycles. The van der Waals surface area contributed by atoms with Crippen molar-refractivity contribution in [2.45, 2.75) is 32.0 Å². The molecule has 1 N–H and O–H groups in total. The molecule has 0 bridgehead atoms. The van der Waals surface area contributed by atoms with Crippen molar-refractivity contribution in [3.8, 4) is 0 Å². The zero-order valence-corrected chi connectivity index (χ0v) is 12.0. The van der Waals surface area contributed by atoms with Crippen molar-refractivity contribution in [3.05, 3.63) is 54.0 Å². The summed E-state index contributed by atoms with van der Waals surface area (Å²) in [5.74, 6) is 0.823. The predicted octanol–water partition coefficient (Wildman–Crippen LogP) is 2.07. The van der Waals surface area contributed by atoms with E-state index in [0.717, 1.165) is 36.3 Å². The van der Waals surface area contributed by atoms with Crippen LogP contribution in [0.2, 0.25) is 0 Å². The van der Waals surface area contributed by atoms with Crippen molar-refractivity contribution in [2.75, 3.05) is 0 Å². The number of rotatable bonds is 3. The Morgan fingerprint density at radius 3 is 3.18 bits per heavy atom. The molecule has 2 aromatic heterocycles. The summed E-state index contributed by atoms with van der Waals surface area (Å²) >= 11 is 0. The fourth-order valence-electron chi connectivity index (χ4n) is 3.00. The molecule has 3 aromatic rings. The first-order chi connectivity index (χ1) is 10.8. The average molecular weight is 297 g/mol. The van der Waals surface area contributed by atoms with Gasteiger partial charge in [-0.2, -0.15) is 5.10 Å². The van der Waals surface area contributed by atoms with Gasteiger partial charge in [-0.05, 0) is 30.2 Å². The van der Waals surface area contributed by atoms with Gasteiger partial charge >= 0.3 is 0 Å². The Hall–Kier alpha value is -2.34. The van der Waals surface area contributed by atoms with Crippen LogP contribution in [0, 0.1) is 5.82 Å². The second-order valence-corrected chi connectivity index (χ2v) is 5.58. The zero-order valence-electron chi connectivity index (χ0n) is 12.0. The molecule has 0 aliphatic carbocycles. The molecule has 0 saturated heterocycles. The molecule has 5 nitrogen and oxygen atoms in total. The van der Waals surface area contributed by atoms with Crippen LogP contribution in [0.15, 0.2) is 36.8 Å². The van der Waals surface area contributed by atoms with E-state index in [-0.39, 0.29) is 5.82 Å². The van der Waals surface area contributed by atoms with Gasteiger partial charge in [0, 0.05) is 30.6 Å². The Bertz CT molecular complexity index is 813. The normalized spacial score (nSPS) is 17.6. The molecule has 6 heteroatoms. The van der Waals surface area contributed by atoms with E-state index in [1.165, 1.54) is 6.07 Å². The molecule has 22 heavy (non-hydrogen) atoms. The lowest BCUT2D eigenvalue weighted by Crippen LogP contribution is -2.37. The van der Waals surface area contributed by atoms with E-state index >= 15 is 0 Å². The smallest absolute Gasteiger partial charge is 0.138 e. The number of fused-ring (bicyclic) bond motifs is 2. The van der Waals surface area contributed by atoms with Crippen LogP contribution in [0.3, 0.4) is 0 Å². The van der Waals surface area contributed by atoms with Crippen LogP contribution in [0.1, 0.15) is 17.8 Å². The third-order valence-corrected chi connectivity index (χ3v) is 4.19. The van der Waals surface area contributed by atoms with Crippen LogP contribution in [0.5, 0.6) is 0 Å². The van der Waals surface area contributed by atoms with Gasteiger partial charge in [0.1, 0.15) is 18.0 Å². The van der Waals surface area contributed by atoms with Crippen molar-refractivity contribution in [3.63, 3.8) is 0 Å². The summed E-state index contributed by atoms with van der Waals surface area (Å²) in [6.45, 7) is 1.49. The lowest BCUT2D eigenvalue weighted by molar-refractivity contribution is 0.358. The maximum Gasteiger partial charge on any atom is 0.138 e. The first kappa shape index (κ1) is 13.3. The Balaban J connectivity index is 1.52. The SMILES string of the molecule is Fc1ccc(CNC2CCc3ncnn3C2)c2ncccc12. The molecule has 0 radical (unpaired) electrons. The maximum atomic E-state index is 13.8. The molecule has 0 saturated carbocycles. The van der Waals surface area contributed by atoms with Gasteiger partial charge in [-0.1, -0.05) is 6.07 Å². The van der Waals surface area contributed by atoms with Gasteiger partial charge in [0.25, 0.3) is 0 Å². The highest BCUT2D eigenvalue weighted by Gasteiger charge is 2.19. The highest BCUT2D eigenvalue weighted by atomic mass is 19.1. The van der Waals surface area contributed by atoms with Crippen LogP contribution >= 0.6 is 0 Å². The van der Waals surface area contributed by atoms with Gasteiger partial charge in [0.15, 0.2) is 0 Å². The van der Waals surface area contributed by atoms with Crippen molar-refractivity contribution in [1.82, 2.24) is 25.1 Å². The van der Waals surface area contributed by atoms with E-state index in [0.29, 0.717) is 18.0 Å². The van der Waals surface area contributed by atoms with Gasteiger partial charge in [0.2, 0.25) is 0 Å². The van der Waals surface area contributed by atoms with Crippen LogP contribution in [0.4, 0.5) is 4.39 Å². The molecule has 0 fully saturated rings. The Morgan fingerprint density at radius 1 is 1.27 bits per heavy atom. The molecule has 4 rings (SSSR count). The van der Waals surface area contributed by atoms with Crippen molar-refractivity contribution in [1.29, 1.82) is 0 Å². The molecular formula is C16H16FN5. The van der Waals surface area contributed by atoms with Gasteiger partial charge in [-0.3, -0.25) is 4.98 Å². The predicted molar refractivity (Wildman–Crippen MR) is 80.7 cm³/mol. The largest absolute Gasteiger partial charge is 0.308 e. The quantitative estimate of drug-likeness (QED) is 0.804. The number of pyridine rings is 1. The average Bonchev–Trinajstić information content (AvgIpc) is 3.02. The third kappa shape index (κ3) is 2.35. The highest BCUT2D eigenvalue weighted by Crippen LogP contribution is 2.20. The molecule has 1 unspecified atom stereocenters. The van der Waals surface area contributed by atoms with E-state index < -0.39 is 0 Å². The Kier molecular flexibility index (Phi) is 3.31. The minimum Gasteiger partial charge on any atom is -0.308 e. The molecule has 3 heterocycles. The molecule has 0 amide bonds. The van der Waals surface area contributed by atoms with Crippen molar-refractivity contribution < 1.29 is 4.39 Å². The number of benzene rings is 1. The fourth-order valence-corrected chi connectivity index (χ4v) is 3.00. The van der Waals surface area contributed by atoms with Gasteiger partial charge in [-0.25, -0.2) is 14.1 Å². The van der Waals surface area contributed by atoms with Gasteiger partial charge < -0.3 is 5.32 Å². The summed E-state index contributed by atoms with van der Waals surface area (Å²) in [6, 6.07) is 7.19. The maximum absolute atomic E-state index is 13.8. The van der Waals surface area contributed by atoms with Crippen LogP contribution in [-0.4, -0.2) is 25.8 Å². The number of aromatic nitrogens is 4. The van der Waals surface area contributed by atoms with E-state index in [2.05, 4.69) is 20.4 Å². The van der Waals surface area contributed by atoms with Gasteiger partial charge in [0.05, 0.1) is 12.1 Å². The third-order valence-electron chi connectivity index (χ3n) is 4.19. The summed E-state index contributed by atoms with van der Waals surface area (Å²) in [7, 11) is 0. The standard InChI is InChI=1S/C16H16FN5/c17-14-5-3-11(16-13(14)2-1-7-18-16)8-19-12-4-6-15-20-10-21-22(15)9-12/h1-3,5,7,10,12,19H,4,6,8-9H2. The minimum atomic E-state index is -0.225. The summed E-state index contributed by atoms with van der Waals surface area (Å²) in [5, 5.41) is 8.33. The number of nitrogens with one attached hydrogen (secondary N) is 1. The molecular weight excluding hydrogens is 281 g/mol. The molecule has 1 aliphatic heterocycles. The summed E-state index contributed by atoms with van der Waals surface area (Å²) in [4.78, 5) is 8.56. The lowest BCUT2D eigenvalue weighted by atomic mass is 10.1. The number of hydrogen-bond acceptors (Lipinski definition) is 4. The van der Waals surface area contributed by atoms with Crippen molar-refractivity contribution >= 4 is 10.9 Å². The molecule has 1 atom stereocenters. The summed E-state index contributed by atoms with van der Waals surface area (Å²) < 4.78 is 15.8. The van der Waals surface area contributed by atoms with E-state index in [1.54, 1.807) is 30.7 Å². The molecule has 0 spiro atoms. The van der Waals surface area contributed by atoms with E-state index in [4.69, 9.17) is 0 Å². The summed E-state index contributed by atoms with van der Waals surface area (Å²) in [6.07, 6.45) is 5.27. The second kappa shape index (κ2) is 5.46. The summed E-state index contributed by atoms with van der Waals surface area (Å²) in [5.41, 5.74) is 1.74. The molecule has 112 valence electrons. The second-order valence-electron chi connectivity index (χ2n) is 5.58.